The molecule has 4 heteroatoms. The lowest BCUT2D eigenvalue weighted by Crippen LogP contribution is -2.39. The van der Waals surface area contributed by atoms with Crippen molar-refractivity contribution in [3.63, 3.8) is 0 Å². The molecule has 0 saturated heterocycles. The maximum Gasteiger partial charge on any atom is 0.0741 e. The van der Waals surface area contributed by atoms with Crippen molar-refractivity contribution in [1.82, 2.24) is 4.90 Å². The number of rotatable bonds is 11. The van der Waals surface area contributed by atoms with Gasteiger partial charge in [0.25, 0.3) is 0 Å². The first-order chi connectivity index (χ1) is 8.50. The summed E-state index contributed by atoms with van der Waals surface area (Å²) in [6.45, 7) is 9.33. The Morgan fingerprint density at radius 3 is 2.33 bits per heavy atom. The molecule has 0 aliphatic rings. The van der Waals surface area contributed by atoms with Crippen LogP contribution in [0.15, 0.2) is 0 Å². The molecule has 0 aromatic heterocycles. The summed E-state index contributed by atoms with van der Waals surface area (Å²) >= 11 is 0. The van der Waals surface area contributed by atoms with Crippen LogP contribution in [0.3, 0.4) is 0 Å². The first kappa shape index (κ1) is 17.8. The topological polar surface area (TPSA) is 58.7 Å². The van der Waals surface area contributed by atoms with Crippen molar-refractivity contribution in [1.29, 1.82) is 0 Å². The predicted octanol–water partition coefficient (Wildman–Crippen LogP) is 1.61. The van der Waals surface area contributed by atoms with Crippen molar-refractivity contribution in [2.45, 2.75) is 58.1 Å². The molecular formula is C14H32N2O2. The first-order valence-corrected chi connectivity index (χ1v) is 7.16. The van der Waals surface area contributed by atoms with Gasteiger partial charge in [0.05, 0.1) is 12.2 Å². The Hall–Kier alpha value is -0.160. The Morgan fingerprint density at radius 1 is 1.28 bits per heavy atom. The summed E-state index contributed by atoms with van der Waals surface area (Å²) in [4.78, 5) is 2.47. The molecule has 0 aromatic rings. The van der Waals surface area contributed by atoms with E-state index in [9.17, 15) is 5.11 Å². The predicted molar refractivity (Wildman–Crippen MR) is 76.7 cm³/mol. The number of nitrogens with zero attached hydrogens (tertiary/aromatic N) is 1. The van der Waals surface area contributed by atoms with Gasteiger partial charge in [-0.3, -0.25) is 4.90 Å². The lowest BCUT2D eigenvalue weighted by molar-refractivity contribution is 0.0493. The van der Waals surface area contributed by atoms with E-state index in [1.165, 1.54) is 0 Å². The van der Waals surface area contributed by atoms with E-state index >= 15 is 0 Å². The van der Waals surface area contributed by atoms with Crippen LogP contribution in [0.25, 0.3) is 0 Å². The molecule has 0 amide bonds. The molecule has 110 valence electrons. The summed E-state index contributed by atoms with van der Waals surface area (Å²) < 4.78 is 5.17. The van der Waals surface area contributed by atoms with Crippen LogP contribution in [0.5, 0.6) is 0 Å². The highest BCUT2D eigenvalue weighted by Gasteiger charge is 2.19. The summed E-state index contributed by atoms with van der Waals surface area (Å²) in [5, 5.41) is 9.90. The van der Waals surface area contributed by atoms with Crippen LogP contribution in [0.4, 0.5) is 0 Å². The van der Waals surface area contributed by atoms with E-state index in [1.54, 1.807) is 7.11 Å². The molecule has 0 heterocycles. The van der Waals surface area contributed by atoms with E-state index in [4.69, 9.17) is 10.5 Å². The number of hydrogen-bond donors (Lipinski definition) is 2. The average Bonchev–Trinajstić information content (AvgIpc) is 2.36. The lowest BCUT2D eigenvalue weighted by atomic mass is 10.00. The number of methoxy groups -OCH3 is 1. The fourth-order valence-electron chi connectivity index (χ4n) is 2.26. The lowest BCUT2D eigenvalue weighted by Gasteiger charge is -2.31. The second kappa shape index (κ2) is 9.73. The Bertz CT molecular complexity index is 194. The fourth-order valence-corrected chi connectivity index (χ4v) is 2.26. The highest BCUT2D eigenvalue weighted by molar-refractivity contribution is 4.75. The standard InChI is InChI=1S/C14H32N2O2/c1-5-13(6-2)16(10-11-18-4)9-7-8-14(3,17)12-15/h13,17H,5-12,15H2,1-4H3. The largest absolute Gasteiger partial charge is 0.389 e. The van der Waals surface area contributed by atoms with E-state index in [2.05, 4.69) is 18.7 Å². The molecule has 3 N–H and O–H groups in total. The highest BCUT2D eigenvalue weighted by atomic mass is 16.5. The van der Waals surface area contributed by atoms with Crippen molar-refractivity contribution in [2.24, 2.45) is 5.73 Å². The van der Waals surface area contributed by atoms with E-state index in [1.807, 2.05) is 6.92 Å². The van der Waals surface area contributed by atoms with Gasteiger partial charge in [-0.15, -0.1) is 0 Å². The van der Waals surface area contributed by atoms with Crippen LogP contribution < -0.4 is 5.73 Å². The van der Waals surface area contributed by atoms with Crippen LogP contribution in [-0.4, -0.2) is 55.0 Å². The van der Waals surface area contributed by atoms with Crippen molar-refractivity contribution in [2.75, 3.05) is 33.4 Å². The van der Waals surface area contributed by atoms with Gasteiger partial charge in [0.15, 0.2) is 0 Å². The van der Waals surface area contributed by atoms with Crippen LogP contribution in [0.2, 0.25) is 0 Å². The Balaban J connectivity index is 4.15. The van der Waals surface area contributed by atoms with Gasteiger partial charge in [-0.1, -0.05) is 13.8 Å². The Labute approximate surface area is 112 Å². The monoisotopic (exact) mass is 260 g/mol. The summed E-state index contributed by atoms with van der Waals surface area (Å²) in [6, 6.07) is 0.614. The minimum Gasteiger partial charge on any atom is -0.389 e. The normalized spacial score (nSPS) is 15.3. The average molecular weight is 260 g/mol. The second-order valence-electron chi connectivity index (χ2n) is 5.30. The van der Waals surface area contributed by atoms with Gasteiger partial charge in [0.2, 0.25) is 0 Å². The zero-order chi connectivity index (χ0) is 14.0. The molecule has 0 radical (unpaired) electrons. The van der Waals surface area contributed by atoms with Crippen LogP contribution in [0.1, 0.15) is 46.5 Å². The summed E-state index contributed by atoms with van der Waals surface area (Å²) in [7, 11) is 1.74. The van der Waals surface area contributed by atoms with Gasteiger partial charge >= 0.3 is 0 Å². The molecule has 0 rings (SSSR count). The third-order valence-corrected chi connectivity index (χ3v) is 3.64. The smallest absolute Gasteiger partial charge is 0.0741 e. The number of aliphatic hydroxyl groups is 1. The molecule has 0 bridgehead atoms. The molecule has 0 aliphatic heterocycles. The van der Waals surface area contributed by atoms with Gasteiger partial charge in [-0.2, -0.15) is 0 Å². The highest BCUT2D eigenvalue weighted by Crippen LogP contribution is 2.14. The zero-order valence-electron chi connectivity index (χ0n) is 12.6. The third kappa shape index (κ3) is 7.31. The maximum atomic E-state index is 9.90. The van der Waals surface area contributed by atoms with Crippen molar-refractivity contribution in [3.05, 3.63) is 0 Å². The van der Waals surface area contributed by atoms with Crippen LogP contribution in [0, 0.1) is 0 Å². The van der Waals surface area contributed by atoms with Crippen molar-refractivity contribution >= 4 is 0 Å². The van der Waals surface area contributed by atoms with Crippen molar-refractivity contribution in [3.8, 4) is 0 Å². The Kier molecular flexibility index (Phi) is 9.64. The molecule has 0 fully saturated rings. The fraction of sp³-hybridized carbons (Fsp3) is 1.00. The van der Waals surface area contributed by atoms with Gasteiger partial charge in [0.1, 0.15) is 0 Å². The molecule has 0 saturated carbocycles. The molecule has 0 aliphatic carbocycles. The zero-order valence-corrected chi connectivity index (χ0v) is 12.6. The SMILES string of the molecule is CCC(CC)N(CCCC(C)(O)CN)CCOC. The molecule has 0 aromatic carbocycles. The third-order valence-electron chi connectivity index (χ3n) is 3.64. The number of hydrogen-bond acceptors (Lipinski definition) is 4. The minimum absolute atomic E-state index is 0.329. The summed E-state index contributed by atoms with van der Waals surface area (Å²) in [5.74, 6) is 0. The van der Waals surface area contributed by atoms with Gasteiger partial charge in [0, 0.05) is 26.2 Å². The second-order valence-corrected chi connectivity index (χ2v) is 5.30. The molecule has 1 atom stereocenters. The Morgan fingerprint density at radius 2 is 1.89 bits per heavy atom. The van der Waals surface area contributed by atoms with Crippen molar-refractivity contribution < 1.29 is 9.84 Å². The van der Waals surface area contributed by atoms with Gasteiger partial charge in [-0.05, 0) is 39.2 Å². The summed E-state index contributed by atoms with van der Waals surface area (Å²) in [5.41, 5.74) is 4.81. The molecular weight excluding hydrogens is 228 g/mol. The number of ether oxygens (including phenoxy) is 1. The molecule has 1 unspecified atom stereocenters. The maximum absolute atomic E-state index is 9.90. The quantitative estimate of drug-likeness (QED) is 0.592. The van der Waals surface area contributed by atoms with Gasteiger partial charge in [-0.25, -0.2) is 0 Å². The number of nitrogens with two attached hydrogens (primary N) is 1. The molecule has 4 nitrogen and oxygen atoms in total. The van der Waals surface area contributed by atoms with E-state index in [0.29, 0.717) is 12.6 Å². The van der Waals surface area contributed by atoms with E-state index in [0.717, 1.165) is 45.4 Å². The van der Waals surface area contributed by atoms with Crippen LogP contribution in [-0.2, 0) is 4.74 Å². The minimum atomic E-state index is -0.721. The van der Waals surface area contributed by atoms with E-state index < -0.39 is 5.60 Å². The summed E-state index contributed by atoms with van der Waals surface area (Å²) in [6.07, 6.45) is 4.05. The first-order valence-electron chi connectivity index (χ1n) is 7.16. The molecule has 0 spiro atoms. The van der Waals surface area contributed by atoms with Crippen LogP contribution >= 0.6 is 0 Å². The van der Waals surface area contributed by atoms with E-state index in [-0.39, 0.29) is 0 Å². The van der Waals surface area contributed by atoms with Gasteiger partial charge < -0.3 is 15.6 Å². The molecule has 18 heavy (non-hydrogen) atoms.